The van der Waals surface area contributed by atoms with Crippen LogP contribution in [0.4, 0.5) is 13.2 Å². The molecule has 1 heterocycles. The predicted octanol–water partition coefficient (Wildman–Crippen LogP) is 4.97. The molecule has 0 aliphatic carbocycles. The van der Waals surface area contributed by atoms with Crippen LogP contribution in [-0.2, 0) is 0 Å². The maximum absolute atomic E-state index is 13.5. The maximum Gasteiger partial charge on any atom is 0.317 e. The molecule has 0 spiro atoms. The highest BCUT2D eigenvalue weighted by molar-refractivity contribution is 8.00. The van der Waals surface area contributed by atoms with Crippen molar-refractivity contribution in [2.75, 3.05) is 0 Å². The Hall–Kier alpha value is -1.37. The molecule has 0 fully saturated rings. The molecule has 0 amide bonds. The molecule has 21 heavy (non-hydrogen) atoms. The minimum atomic E-state index is -3.04. The average Bonchev–Trinajstić information content (AvgIpc) is 2.59. The number of rotatable bonds is 2. The van der Waals surface area contributed by atoms with E-state index in [0.29, 0.717) is 28.0 Å². The second-order valence-electron chi connectivity index (χ2n) is 4.55. The number of hydrogen-bond donors (Lipinski definition) is 1. The van der Waals surface area contributed by atoms with Crippen molar-refractivity contribution in [3.05, 3.63) is 52.8 Å². The molecular formula is C14H9ClF3NOS. The van der Waals surface area contributed by atoms with Crippen molar-refractivity contribution in [1.29, 1.82) is 0 Å². The lowest BCUT2D eigenvalue weighted by molar-refractivity contribution is 0.0797. The van der Waals surface area contributed by atoms with Crippen molar-refractivity contribution in [2.24, 2.45) is 5.73 Å². The van der Waals surface area contributed by atoms with Crippen molar-refractivity contribution >= 4 is 23.4 Å². The summed E-state index contributed by atoms with van der Waals surface area (Å²) in [6.07, 6.45) is 0. The second-order valence-corrected chi connectivity index (χ2v) is 6.17. The molecule has 1 aliphatic rings. The molecule has 2 nitrogen and oxygen atoms in total. The van der Waals surface area contributed by atoms with Gasteiger partial charge in [-0.3, -0.25) is 0 Å². The van der Waals surface area contributed by atoms with E-state index in [0.717, 1.165) is 12.1 Å². The topological polar surface area (TPSA) is 35.2 Å². The van der Waals surface area contributed by atoms with Crippen molar-refractivity contribution in [2.45, 2.75) is 16.2 Å². The second kappa shape index (κ2) is 5.12. The predicted molar refractivity (Wildman–Crippen MR) is 75.7 cm³/mol. The lowest BCUT2D eigenvalue weighted by atomic mass is 10.1. The third-order valence-corrected chi connectivity index (χ3v) is 4.33. The van der Waals surface area contributed by atoms with Gasteiger partial charge in [0, 0.05) is 16.0 Å². The van der Waals surface area contributed by atoms with E-state index in [1.807, 2.05) is 0 Å². The van der Waals surface area contributed by atoms with Gasteiger partial charge in [0.1, 0.15) is 23.4 Å². The summed E-state index contributed by atoms with van der Waals surface area (Å²) in [6, 6.07) is 6.81. The van der Waals surface area contributed by atoms with Crippen LogP contribution in [0.5, 0.6) is 11.5 Å². The summed E-state index contributed by atoms with van der Waals surface area (Å²) < 4.78 is 45.7. The molecule has 0 radical (unpaired) electrons. The Morgan fingerprint density at radius 3 is 2.62 bits per heavy atom. The van der Waals surface area contributed by atoms with E-state index in [-0.39, 0.29) is 10.8 Å². The van der Waals surface area contributed by atoms with E-state index in [1.54, 1.807) is 0 Å². The fourth-order valence-corrected chi connectivity index (χ4v) is 3.24. The third-order valence-electron chi connectivity index (χ3n) is 3.00. The minimum absolute atomic E-state index is 0.185. The van der Waals surface area contributed by atoms with Gasteiger partial charge in [0.25, 0.3) is 0 Å². The summed E-state index contributed by atoms with van der Waals surface area (Å²) in [7, 11) is 0. The highest BCUT2D eigenvalue weighted by Gasteiger charge is 2.46. The number of fused-ring (bicyclic) bond motifs is 1. The Morgan fingerprint density at radius 2 is 1.90 bits per heavy atom. The molecule has 2 N–H and O–H groups in total. The summed E-state index contributed by atoms with van der Waals surface area (Å²) in [5, 5.41) is -2.85. The molecule has 3 rings (SSSR count). The molecule has 0 saturated heterocycles. The van der Waals surface area contributed by atoms with Crippen LogP contribution in [0.2, 0.25) is 5.02 Å². The molecule has 0 saturated carbocycles. The quantitative estimate of drug-likeness (QED) is 0.843. The summed E-state index contributed by atoms with van der Waals surface area (Å²) in [5.74, 6) is -0.0625. The number of nitrogens with two attached hydrogens (primary N) is 1. The largest absolute Gasteiger partial charge is 0.457 e. The van der Waals surface area contributed by atoms with E-state index in [2.05, 4.69) is 0 Å². The zero-order valence-corrected chi connectivity index (χ0v) is 12.0. The molecule has 1 aliphatic heterocycles. The van der Waals surface area contributed by atoms with Gasteiger partial charge in [0.2, 0.25) is 0 Å². The molecule has 2 aromatic carbocycles. The van der Waals surface area contributed by atoms with Crippen molar-refractivity contribution < 1.29 is 17.9 Å². The highest BCUT2D eigenvalue weighted by atomic mass is 35.5. The molecule has 1 atom stereocenters. The van der Waals surface area contributed by atoms with E-state index >= 15 is 0 Å². The van der Waals surface area contributed by atoms with Crippen molar-refractivity contribution in [3.8, 4) is 11.5 Å². The van der Waals surface area contributed by atoms with E-state index in [1.165, 1.54) is 24.3 Å². The number of hydrogen-bond acceptors (Lipinski definition) is 3. The lowest BCUT2D eigenvalue weighted by Crippen LogP contribution is -2.24. The van der Waals surface area contributed by atoms with Gasteiger partial charge in [0.05, 0.1) is 0 Å². The Kier molecular flexibility index (Phi) is 3.55. The highest BCUT2D eigenvalue weighted by Crippen LogP contribution is 2.53. The number of alkyl halides is 2. The zero-order chi connectivity index (χ0) is 15.2. The molecule has 2 aromatic rings. The first-order valence-corrected chi connectivity index (χ1v) is 7.15. The zero-order valence-electron chi connectivity index (χ0n) is 10.4. The first-order valence-electron chi connectivity index (χ1n) is 5.95. The standard InChI is InChI=1S/C14H9ClF3NOS/c15-7-3-8(16)5-10(4-7)20-9-1-2-12-11(6-9)13(19)14(17,18)21-12/h1-6,13H,19H2. The van der Waals surface area contributed by atoms with E-state index in [4.69, 9.17) is 22.1 Å². The number of ether oxygens (including phenoxy) is 1. The van der Waals surface area contributed by atoms with Crippen LogP contribution in [0.3, 0.4) is 0 Å². The van der Waals surface area contributed by atoms with Crippen LogP contribution in [-0.4, -0.2) is 5.25 Å². The Bertz CT molecular complexity index is 690. The lowest BCUT2D eigenvalue weighted by Gasteiger charge is -2.13. The van der Waals surface area contributed by atoms with Gasteiger partial charge < -0.3 is 10.5 Å². The molecule has 1 unspecified atom stereocenters. The summed E-state index contributed by atoms with van der Waals surface area (Å²) in [6.45, 7) is 0. The van der Waals surface area contributed by atoms with Gasteiger partial charge in [-0.25, -0.2) is 4.39 Å². The van der Waals surface area contributed by atoms with E-state index in [9.17, 15) is 13.2 Å². The number of thioether (sulfide) groups is 1. The maximum atomic E-state index is 13.5. The smallest absolute Gasteiger partial charge is 0.317 e. The molecular weight excluding hydrogens is 323 g/mol. The van der Waals surface area contributed by atoms with Crippen molar-refractivity contribution in [1.82, 2.24) is 0 Å². The molecule has 0 aromatic heterocycles. The van der Waals surface area contributed by atoms with Gasteiger partial charge in [-0.2, -0.15) is 8.78 Å². The van der Waals surface area contributed by atoms with E-state index < -0.39 is 17.1 Å². The van der Waals surface area contributed by atoms with Crippen LogP contribution in [0.25, 0.3) is 0 Å². The Morgan fingerprint density at radius 1 is 1.14 bits per heavy atom. The summed E-state index contributed by atoms with van der Waals surface area (Å²) in [4.78, 5) is 0.414. The van der Waals surface area contributed by atoms with Gasteiger partial charge >= 0.3 is 5.25 Å². The molecule has 0 bridgehead atoms. The fraction of sp³-hybridized carbons (Fsp3) is 0.143. The molecule has 7 heteroatoms. The van der Waals surface area contributed by atoms with Gasteiger partial charge in [0.15, 0.2) is 0 Å². The van der Waals surface area contributed by atoms with Crippen LogP contribution < -0.4 is 10.5 Å². The minimum Gasteiger partial charge on any atom is -0.457 e. The Labute approximate surface area is 128 Å². The number of benzene rings is 2. The number of halogens is 4. The summed E-state index contributed by atoms with van der Waals surface area (Å²) in [5.41, 5.74) is 5.84. The summed E-state index contributed by atoms with van der Waals surface area (Å²) >= 11 is 6.15. The molecule has 110 valence electrons. The average molecular weight is 332 g/mol. The first kappa shape index (κ1) is 14.6. The van der Waals surface area contributed by atoms with Crippen molar-refractivity contribution in [3.63, 3.8) is 0 Å². The normalized spacial score (nSPS) is 19.4. The van der Waals surface area contributed by atoms with Crippen LogP contribution >= 0.6 is 23.4 Å². The SMILES string of the molecule is NC1c2cc(Oc3cc(F)cc(Cl)c3)ccc2SC1(F)F. The van der Waals surface area contributed by atoms with Crippen LogP contribution in [0.15, 0.2) is 41.3 Å². The van der Waals surface area contributed by atoms with Gasteiger partial charge in [-0.1, -0.05) is 11.6 Å². The first-order chi connectivity index (χ1) is 9.85. The van der Waals surface area contributed by atoms with Gasteiger partial charge in [-0.05, 0) is 47.7 Å². The van der Waals surface area contributed by atoms with Gasteiger partial charge in [-0.15, -0.1) is 0 Å². The monoisotopic (exact) mass is 331 g/mol. The van der Waals surface area contributed by atoms with Crippen LogP contribution in [0, 0.1) is 5.82 Å². The van der Waals surface area contributed by atoms with Crippen LogP contribution in [0.1, 0.15) is 11.6 Å². The Balaban J connectivity index is 1.90. The third kappa shape index (κ3) is 2.84. The fourth-order valence-electron chi connectivity index (χ4n) is 2.04.